The van der Waals surface area contributed by atoms with Crippen molar-refractivity contribution < 1.29 is 14.3 Å². The fourth-order valence-corrected chi connectivity index (χ4v) is 1.65. The first kappa shape index (κ1) is 15.9. The fraction of sp³-hybridized carbons (Fsp3) is 0.500. The van der Waals surface area contributed by atoms with E-state index in [4.69, 9.17) is 4.74 Å². The third-order valence-corrected chi connectivity index (χ3v) is 2.88. The van der Waals surface area contributed by atoms with Gasteiger partial charge in [0.1, 0.15) is 17.4 Å². The van der Waals surface area contributed by atoms with Gasteiger partial charge in [0.05, 0.1) is 6.61 Å². The van der Waals surface area contributed by atoms with Crippen LogP contribution in [0.5, 0.6) is 0 Å². The summed E-state index contributed by atoms with van der Waals surface area (Å²) in [6, 6.07) is 2.80. The average molecular weight is 279 g/mol. The molecule has 1 heterocycles. The average Bonchev–Trinajstić information content (AvgIpc) is 2.46. The zero-order chi connectivity index (χ0) is 15.1. The first-order valence-corrected chi connectivity index (χ1v) is 6.64. The zero-order valence-corrected chi connectivity index (χ0v) is 12.3. The Kier molecular flexibility index (Phi) is 5.96. The lowest BCUT2D eigenvalue weighted by Crippen LogP contribution is -2.39. The van der Waals surface area contributed by atoms with Crippen LogP contribution in [0.25, 0.3) is 0 Å². The minimum atomic E-state index is -0.469. The van der Waals surface area contributed by atoms with E-state index in [9.17, 15) is 9.59 Å². The van der Waals surface area contributed by atoms with Gasteiger partial charge < -0.3 is 15.0 Å². The monoisotopic (exact) mass is 279 g/mol. The Morgan fingerprint density at radius 1 is 1.45 bits per heavy atom. The Balaban J connectivity index is 2.87. The van der Waals surface area contributed by atoms with Gasteiger partial charge in [-0.2, -0.15) is 0 Å². The van der Waals surface area contributed by atoms with Crippen LogP contribution in [0.4, 0.5) is 5.82 Å². The minimum absolute atomic E-state index is 0.0621. The second kappa shape index (κ2) is 7.47. The summed E-state index contributed by atoms with van der Waals surface area (Å²) < 4.78 is 4.96. The van der Waals surface area contributed by atoms with Gasteiger partial charge in [0.25, 0.3) is 0 Å². The van der Waals surface area contributed by atoms with Crippen molar-refractivity contribution in [1.82, 2.24) is 9.88 Å². The van der Waals surface area contributed by atoms with Crippen LogP contribution in [0.15, 0.2) is 18.3 Å². The van der Waals surface area contributed by atoms with Gasteiger partial charge in [0, 0.05) is 19.8 Å². The molecule has 1 aromatic rings. The molecule has 0 fully saturated rings. The molecule has 0 spiro atoms. The number of esters is 1. The number of carbonyl (C=O) groups excluding carboxylic acids is 2. The molecule has 1 atom stereocenters. The van der Waals surface area contributed by atoms with Crippen molar-refractivity contribution in [3.8, 4) is 0 Å². The van der Waals surface area contributed by atoms with Gasteiger partial charge >= 0.3 is 5.97 Å². The van der Waals surface area contributed by atoms with E-state index in [1.807, 2.05) is 6.92 Å². The maximum atomic E-state index is 12.0. The molecule has 0 aliphatic carbocycles. The van der Waals surface area contributed by atoms with Crippen LogP contribution in [0.2, 0.25) is 0 Å². The second-order valence-electron chi connectivity index (χ2n) is 4.34. The maximum Gasteiger partial charge on any atom is 0.341 e. The largest absolute Gasteiger partial charge is 0.462 e. The lowest BCUT2D eigenvalue weighted by Gasteiger charge is -2.21. The number of pyridine rings is 1. The van der Waals surface area contributed by atoms with Crippen molar-refractivity contribution in [2.45, 2.75) is 26.8 Å². The van der Waals surface area contributed by atoms with Crippen molar-refractivity contribution in [3.63, 3.8) is 0 Å². The van der Waals surface area contributed by atoms with E-state index in [0.717, 1.165) is 0 Å². The minimum Gasteiger partial charge on any atom is -0.462 e. The van der Waals surface area contributed by atoms with Crippen LogP contribution in [0.3, 0.4) is 0 Å². The lowest BCUT2D eigenvalue weighted by molar-refractivity contribution is -0.130. The van der Waals surface area contributed by atoms with Crippen LogP contribution < -0.4 is 5.32 Å². The molecule has 1 N–H and O–H groups in total. The smallest absolute Gasteiger partial charge is 0.341 e. The van der Waals surface area contributed by atoms with Gasteiger partial charge in [-0.25, -0.2) is 9.78 Å². The van der Waals surface area contributed by atoms with Gasteiger partial charge in [-0.3, -0.25) is 4.79 Å². The number of hydrogen-bond donors (Lipinski definition) is 1. The van der Waals surface area contributed by atoms with Crippen LogP contribution in [-0.2, 0) is 9.53 Å². The molecular formula is C14H21N3O3. The number of nitrogens with zero attached hydrogens (tertiary/aromatic N) is 2. The number of ether oxygens (including phenoxy) is 1. The first-order valence-electron chi connectivity index (χ1n) is 6.64. The Labute approximate surface area is 119 Å². The lowest BCUT2D eigenvalue weighted by atomic mass is 10.2. The van der Waals surface area contributed by atoms with Crippen molar-refractivity contribution in [1.29, 1.82) is 0 Å². The summed E-state index contributed by atoms with van der Waals surface area (Å²) in [6.45, 7) is 6.29. The van der Waals surface area contributed by atoms with Gasteiger partial charge in [0.15, 0.2) is 0 Å². The molecule has 0 aromatic carbocycles. The first-order chi connectivity index (χ1) is 9.51. The van der Waals surface area contributed by atoms with E-state index >= 15 is 0 Å². The van der Waals surface area contributed by atoms with Crippen LogP contribution in [0.1, 0.15) is 31.1 Å². The van der Waals surface area contributed by atoms with Crippen molar-refractivity contribution in [3.05, 3.63) is 23.9 Å². The Bertz CT molecular complexity index is 476. The predicted octanol–water partition coefficient (Wildman–Crippen LogP) is 1.54. The summed E-state index contributed by atoms with van der Waals surface area (Å²) in [5, 5.41) is 2.96. The molecule has 1 aromatic heterocycles. The standard InChI is InChI=1S/C14H21N3O3/c1-5-17(4)13(18)10(3)16-12-11(8-7-9-15-12)14(19)20-6-2/h7-10H,5-6H2,1-4H3,(H,15,16). The third-order valence-electron chi connectivity index (χ3n) is 2.88. The van der Waals surface area contributed by atoms with Crippen molar-refractivity contribution in [2.24, 2.45) is 0 Å². The Hall–Kier alpha value is -2.11. The van der Waals surface area contributed by atoms with Crippen LogP contribution >= 0.6 is 0 Å². The molecule has 20 heavy (non-hydrogen) atoms. The number of nitrogens with one attached hydrogen (secondary N) is 1. The SMILES string of the molecule is CCOC(=O)c1cccnc1NC(C)C(=O)N(C)CC. The second-order valence-corrected chi connectivity index (χ2v) is 4.34. The molecule has 6 nitrogen and oxygen atoms in total. The number of amides is 1. The molecule has 0 radical (unpaired) electrons. The summed E-state index contributed by atoms with van der Waals surface area (Å²) in [5.41, 5.74) is 0.327. The molecule has 0 aliphatic rings. The van der Waals surface area contributed by atoms with Crippen molar-refractivity contribution in [2.75, 3.05) is 25.5 Å². The Morgan fingerprint density at radius 3 is 2.75 bits per heavy atom. The van der Waals surface area contributed by atoms with E-state index in [2.05, 4.69) is 10.3 Å². The normalized spacial score (nSPS) is 11.6. The molecule has 0 bridgehead atoms. The van der Waals surface area contributed by atoms with Crippen LogP contribution in [-0.4, -0.2) is 48.0 Å². The fourth-order valence-electron chi connectivity index (χ4n) is 1.65. The van der Waals surface area contributed by atoms with Gasteiger partial charge in [-0.05, 0) is 32.9 Å². The topological polar surface area (TPSA) is 71.5 Å². The highest BCUT2D eigenvalue weighted by molar-refractivity contribution is 5.95. The summed E-state index contributed by atoms with van der Waals surface area (Å²) in [6.07, 6.45) is 1.56. The van der Waals surface area contributed by atoms with E-state index in [0.29, 0.717) is 24.5 Å². The summed E-state index contributed by atoms with van der Waals surface area (Å²) in [5.74, 6) is -0.157. The number of aromatic nitrogens is 1. The predicted molar refractivity (Wildman–Crippen MR) is 76.6 cm³/mol. The van der Waals surface area contributed by atoms with Gasteiger partial charge in [-0.15, -0.1) is 0 Å². The number of anilines is 1. The number of hydrogen-bond acceptors (Lipinski definition) is 5. The highest BCUT2D eigenvalue weighted by atomic mass is 16.5. The van der Waals surface area contributed by atoms with Gasteiger partial charge in [-0.1, -0.05) is 0 Å². The van der Waals surface area contributed by atoms with Crippen molar-refractivity contribution >= 4 is 17.7 Å². The highest BCUT2D eigenvalue weighted by Gasteiger charge is 2.20. The summed E-state index contributed by atoms with van der Waals surface area (Å²) in [7, 11) is 1.73. The van der Waals surface area contributed by atoms with E-state index in [1.54, 1.807) is 44.1 Å². The molecule has 0 saturated carbocycles. The van der Waals surface area contributed by atoms with E-state index in [1.165, 1.54) is 0 Å². The highest BCUT2D eigenvalue weighted by Crippen LogP contribution is 2.14. The van der Waals surface area contributed by atoms with E-state index < -0.39 is 12.0 Å². The molecule has 6 heteroatoms. The summed E-state index contributed by atoms with van der Waals surface area (Å²) in [4.78, 5) is 29.5. The number of carbonyl (C=O) groups is 2. The van der Waals surface area contributed by atoms with Crippen LogP contribution in [0, 0.1) is 0 Å². The molecule has 1 rings (SSSR count). The third kappa shape index (κ3) is 3.94. The Morgan fingerprint density at radius 2 is 2.15 bits per heavy atom. The summed E-state index contributed by atoms with van der Waals surface area (Å²) >= 11 is 0. The van der Waals surface area contributed by atoms with E-state index in [-0.39, 0.29) is 5.91 Å². The molecule has 0 aliphatic heterocycles. The molecular weight excluding hydrogens is 258 g/mol. The molecule has 1 amide bonds. The molecule has 1 unspecified atom stereocenters. The number of rotatable bonds is 6. The maximum absolute atomic E-state index is 12.0. The molecule has 110 valence electrons. The number of likely N-dealkylation sites (N-methyl/N-ethyl adjacent to an activating group) is 1. The van der Waals surface area contributed by atoms with Gasteiger partial charge in [0.2, 0.25) is 5.91 Å². The quantitative estimate of drug-likeness (QED) is 0.800. The molecule has 0 saturated heterocycles. The zero-order valence-electron chi connectivity index (χ0n) is 12.3.